The van der Waals surface area contributed by atoms with E-state index >= 15 is 0 Å². The average Bonchev–Trinajstić information content (AvgIpc) is 2.76. The van der Waals surface area contributed by atoms with Crippen molar-refractivity contribution in [2.24, 2.45) is 0 Å². The number of H-pyrrole nitrogens is 1. The Labute approximate surface area is 115 Å². The van der Waals surface area contributed by atoms with Crippen molar-refractivity contribution in [3.05, 3.63) is 40.8 Å². The van der Waals surface area contributed by atoms with Gasteiger partial charge in [0.15, 0.2) is 0 Å². The Kier molecular flexibility index (Phi) is 3.78. The molecule has 0 aliphatic rings. The summed E-state index contributed by atoms with van der Waals surface area (Å²) >= 11 is 0. The molecule has 0 radical (unpaired) electrons. The number of hydrogen-bond donors (Lipinski definition) is 3. The highest BCUT2D eigenvalue weighted by atomic mass is 32.2. The fourth-order valence-corrected chi connectivity index (χ4v) is 3.06. The van der Waals surface area contributed by atoms with Gasteiger partial charge in [-0.3, -0.25) is 9.82 Å². The van der Waals surface area contributed by atoms with Gasteiger partial charge in [-0.15, -0.1) is 0 Å². The number of sulfonamides is 1. The molecule has 1 heterocycles. The maximum atomic E-state index is 13.4. The first-order chi connectivity index (χ1) is 9.36. The van der Waals surface area contributed by atoms with Crippen LogP contribution in [0.15, 0.2) is 23.2 Å². The van der Waals surface area contributed by atoms with E-state index in [1.807, 2.05) is 0 Å². The lowest BCUT2D eigenvalue weighted by atomic mass is 10.2. The van der Waals surface area contributed by atoms with Crippen LogP contribution in [0, 0.1) is 19.7 Å². The first kappa shape index (κ1) is 14.5. The van der Waals surface area contributed by atoms with E-state index in [2.05, 4.69) is 14.9 Å². The third-order valence-electron chi connectivity index (χ3n) is 2.96. The van der Waals surface area contributed by atoms with E-state index in [0.29, 0.717) is 5.69 Å². The van der Waals surface area contributed by atoms with Gasteiger partial charge < -0.3 is 5.11 Å². The number of benzene rings is 1. The number of aliphatic hydroxyl groups is 1. The molecule has 6 nitrogen and oxygen atoms in total. The van der Waals surface area contributed by atoms with Crippen molar-refractivity contribution in [3.8, 4) is 0 Å². The average molecular weight is 299 g/mol. The summed E-state index contributed by atoms with van der Waals surface area (Å²) in [5, 5.41) is 15.1. The molecule has 0 saturated carbocycles. The molecule has 1 aromatic heterocycles. The summed E-state index contributed by atoms with van der Waals surface area (Å²) in [6, 6.07) is 4.10. The van der Waals surface area contributed by atoms with Gasteiger partial charge in [-0.25, -0.2) is 4.39 Å². The number of aromatic amines is 1. The molecule has 0 amide bonds. The Hall–Kier alpha value is -1.93. The van der Waals surface area contributed by atoms with Gasteiger partial charge in [-0.1, -0.05) is 6.07 Å². The zero-order valence-electron chi connectivity index (χ0n) is 10.9. The Bertz CT molecular complexity index is 740. The molecule has 2 rings (SSSR count). The molecule has 1 aromatic carbocycles. The summed E-state index contributed by atoms with van der Waals surface area (Å²) in [7, 11) is -3.99. The van der Waals surface area contributed by atoms with Crippen LogP contribution in [-0.4, -0.2) is 23.7 Å². The first-order valence-electron chi connectivity index (χ1n) is 5.79. The zero-order chi connectivity index (χ0) is 14.9. The second-order valence-electron chi connectivity index (χ2n) is 4.31. The topological polar surface area (TPSA) is 95.1 Å². The molecule has 0 unspecified atom stereocenters. The van der Waals surface area contributed by atoms with E-state index in [-0.39, 0.29) is 21.8 Å². The van der Waals surface area contributed by atoms with Gasteiger partial charge in [0.25, 0.3) is 10.0 Å². The normalized spacial score (nSPS) is 11.6. The number of aliphatic hydroxyl groups excluding tert-OH is 1. The summed E-state index contributed by atoms with van der Waals surface area (Å²) in [5.41, 5.74) is 0.971. The lowest BCUT2D eigenvalue weighted by Gasteiger charge is -2.10. The number of rotatable bonds is 4. The molecule has 0 fully saturated rings. The van der Waals surface area contributed by atoms with Gasteiger partial charge in [0.05, 0.1) is 12.3 Å². The third kappa shape index (κ3) is 2.52. The third-order valence-corrected chi connectivity index (χ3v) is 4.30. The standard InChI is InChI=1S/C12H14FN3O3S/c1-7-10(13)4-3-5-11(7)16-20(18,19)12-9(6-17)8(2)14-15-12/h3-5,16-17H,6H2,1-2H3,(H,14,15). The smallest absolute Gasteiger partial charge is 0.281 e. The molecule has 0 spiro atoms. The zero-order valence-corrected chi connectivity index (χ0v) is 11.8. The first-order valence-corrected chi connectivity index (χ1v) is 7.27. The number of aryl methyl sites for hydroxylation is 1. The number of halogens is 1. The summed E-state index contributed by atoms with van der Waals surface area (Å²) in [4.78, 5) is 0. The van der Waals surface area contributed by atoms with E-state index < -0.39 is 22.4 Å². The van der Waals surface area contributed by atoms with Gasteiger partial charge in [-0.05, 0) is 26.0 Å². The lowest BCUT2D eigenvalue weighted by molar-refractivity contribution is 0.277. The molecule has 0 aliphatic carbocycles. The van der Waals surface area contributed by atoms with Gasteiger partial charge >= 0.3 is 0 Å². The molecule has 8 heteroatoms. The fraction of sp³-hybridized carbons (Fsp3) is 0.250. The molecule has 108 valence electrons. The molecule has 3 N–H and O–H groups in total. The van der Waals surface area contributed by atoms with Crippen molar-refractivity contribution in [2.75, 3.05) is 4.72 Å². The molecule has 0 saturated heterocycles. The second kappa shape index (κ2) is 5.22. The molecular formula is C12H14FN3O3S. The number of hydrogen-bond acceptors (Lipinski definition) is 4. The van der Waals surface area contributed by atoms with E-state index in [1.54, 1.807) is 6.92 Å². The number of nitrogens with zero attached hydrogens (tertiary/aromatic N) is 1. The molecule has 2 aromatic rings. The van der Waals surface area contributed by atoms with Gasteiger partial charge in [-0.2, -0.15) is 13.5 Å². The van der Waals surface area contributed by atoms with Gasteiger partial charge in [0.1, 0.15) is 5.82 Å². The minimum absolute atomic E-state index is 0.134. The van der Waals surface area contributed by atoms with E-state index in [4.69, 9.17) is 0 Å². The molecule has 0 bridgehead atoms. The SMILES string of the molecule is Cc1[nH]nc(S(=O)(=O)Nc2cccc(F)c2C)c1CO. The van der Waals surface area contributed by atoms with Crippen LogP contribution in [0.1, 0.15) is 16.8 Å². The highest BCUT2D eigenvalue weighted by Crippen LogP contribution is 2.23. The van der Waals surface area contributed by atoms with E-state index in [1.165, 1.54) is 25.1 Å². The Morgan fingerprint density at radius 1 is 1.40 bits per heavy atom. The highest BCUT2D eigenvalue weighted by molar-refractivity contribution is 7.92. The van der Waals surface area contributed by atoms with Crippen molar-refractivity contribution >= 4 is 15.7 Å². The summed E-state index contributed by atoms with van der Waals surface area (Å²) in [5.74, 6) is -0.509. The van der Waals surface area contributed by atoms with Crippen LogP contribution in [0.4, 0.5) is 10.1 Å². The van der Waals surface area contributed by atoms with Crippen LogP contribution >= 0.6 is 0 Å². The van der Waals surface area contributed by atoms with Crippen LogP contribution in [0.5, 0.6) is 0 Å². The van der Waals surface area contributed by atoms with Crippen LogP contribution in [0.2, 0.25) is 0 Å². The number of anilines is 1. The Balaban J connectivity index is 2.44. The van der Waals surface area contributed by atoms with Crippen molar-refractivity contribution in [2.45, 2.75) is 25.5 Å². The summed E-state index contributed by atoms with van der Waals surface area (Å²) < 4.78 is 40.1. The van der Waals surface area contributed by atoms with Crippen LogP contribution < -0.4 is 4.72 Å². The lowest BCUT2D eigenvalue weighted by Crippen LogP contribution is -2.16. The predicted molar refractivity (Wildman–Crippen MR) is 71.2 cm³/mol. The minimum Gasteiger partial charge on any atom is -0.392 e. The van der Waals surface area contributed by atoms with E-state index in [0.717, 1.165) is 0 Å². The van der Waals surface area contributed by atoms with Crippen LogP contribution in [-0.2, 0) is 16.6 Å². The molecule has 20 heavy (non-hydrogen) atoms. The monoisotopic (exact) mass is 299 g/mol. The van der Waals surface area contributed by atoms with Crippen LogP contribution in [0.3, 0.4) is 0 Å². The highest BCUT2D eigenvalue weighted by Gasteiger charge is 2.24. The maximum Gasteiger partial charge on any atom is 0.281 e. The van der Waals surface area contributed by atoms with Crippen LogP contribution in [0.25, 0.3) is 0 Å². The van der Waals surface area contributed by atoms with Crippen molar-refractivity contribution in [3.63, 3.8) is 0 Å². The van der Waals surface area contributed by atoms with Crippen molar-refractivity contribution in [1.29, 1.82) is 0 Å². The maximum absolute atomic E-state index is 13.4. The Morgan fingerprint density at radius 3 is 2.75 bits per heavy atom. The fourth-order valence-electron chi connectivity index (χ4n) is 1.75. The van der Waals surface area contributed by atoms with E-state index in [9.17, 15) is 17.9 Å². The van der Waals surface area contributed by atoms with Gasteiger partial charge in [0, 0.05) is 16.8 Å². The van der Waals surface area contributed by atoms with Gasteiger partial charge in [0.2, 0.25) is 5.03 Å². The minimum atomic E-state index is -3.99. The summed E-state index contributed by atoms with van der Waals surface area (Å²) in [6.45, 7) is 2.61. The molecule has 0 aliphatic heterocycles. The quantitative estimate of drug-likeness (QED) is 0.796. The number of nitrogens with one attached hydrogen (secondary N) is 2. The second-order valence-corrected chi connectivity index (χ2v) is 5.91. The largest absolute Gasteiger partial charge is 0.392 e. The Morgan fingerprint density at radius 2 is 2.10 bits per heavy atom. The van der Waals surface area contributed by atoms with Crippen molar-refractivity contribution in [1.82, 2.24) is 10.2 Å². The summed E-state index contributed by atoms with van der Waals surface area (Å²) in [6.07, 6.45) is 0. The number of aromatic nitrogens is 2. The van der Waals surface area contributed by atoms with Crippen molar-refractivity contribution < 1.29 is 17.9 Å². The predicted octanol–water partition coefficient (Wildman–Crippen LogP) is 1.46. The molecule has 0 atom stereocenters. The molecular weight excluding hydrogens is 285 g/mol.